The summed E-state index contributed by atoms with van der Waals surface area (Å²) in [6.07, 6.45) is 4.58. The molecular formula is C17H23FN4O. The first-order chi connectivity index (χ1) is 11.2. The number of ether oxygens (including phenoxy) is 1. The van der Waals surface area contributed by atoms with Crippen LogP contribution in [0.2, 0.25) is 0 Å². The van der Waals surface area contributed by atoms with Gasteiger partial charge in [0, 0.05) is 19.0 Å². The Kier molecular flexibility index (Phi) is 5.23. The third-order valence-corrected chi connectivity index (χ3v) is 4.25. The van der Waals surface area contributed by atoms with Crippen molar-refractivity contribution in [2.45, 2.75) is 32.3 Å². The van der Waals surface area contributed by atoms with Crippen LogP contribution in [0.25, 0.3) is 0 Å². The minimum Gasteiger partial charge on any atom is -0.486 e. The van der Waals surface area contributed by atoms with Crippen LogP contribution in [0, 0.1) is 11.7 Å². The maximum atomic E-state index is 13.1. The van der Waals surface area contributed by atoms with Crippen LogP contribution in [0.5, 0.6) is 5.75 Å². The van der Waals surface area contributed by atoms with E-state index in [9.17, 15) is 4.39 Å². The van der Waals surface area contributed by atoms with E-state index < -0.39 is 0 Å². The summed E-state index contributed by atoms with van der Waals surface area (Å²) in [5, 5.41) is 7.14. The van der Waals surface area contributed by atoms with E-state index in [1.807, 2.05) is 0 Å². The van der Waals surface area contributed by atoms with Crippen LogP contribution in [0.1, 0.15) is 30.9 Å². The Morgan fingerprint density at radius 1 is 1.43 bits per heavy atom. The minimum atomic E-state index is -0.307. The van der Waals surface area contributed by atoms with Crippen LogP contribution >= 0.6 is 0 Å². The van der Waals surface area contributed by atoms with Crippen molar-refractivity contribution in [1.82, 2.24) is 20.1 Å². The molecule has 0 saturated carbocycles. The van der Waals surface area contributed by atoms with E-state index in [0.29, 0.717) is 11.6 Å². The van der Waals surface area contributed by atoms with Gasteiger partial charge in [0.2, 0.25) is 0 Å². The molecule has 1 aliphatic heterocycles. The Morgan fingerprint density at radius 3 is 3.17 bits per heavy atom. The Balaban J connectivity index is 1.46. The highest BCUT2D eigenvalue weighted by molar-refractivity contribution is 5.22. The van der Waals surface area contributed by atoms with Gasteiger partial charge in [-0.1, -0.05) is 6.07 Å². The summed E-state index contributed by atoms with van der Waals surface area (Å²) in [5.41, 5.74) is 0. The molecule has 0 spiro atoms. The molecule has 0 bridgehead atoms. The number of aromatic amines is 1. The number of benzene rings is 1. The van der Waals surface area contributed by atoms with E-state index in [2.05, 4.69) is 27.1 Å². The number of nitrogens with zero attached hydrogens (tertiary/aromatic N) is 3. The second-order valence-corrected chi connectivity index (χ2v) is 6.25. The van der Waals surface area contributed by atoms with Crippen LogP contribution < -0.4 is 4.74 Å². The number of hydrogen-bond acceptors (Lipinski definition) is 4. The van der Waals surface area contributed by atoms with Crippen molar-refractivity contribution in [2.24, 2.45) is 5.92 Å². The fraction of sp³-hybridized carbons (Fsp3) is 0.529. The van der Waals surface area contributed by atoms with Crippen molar-refractivity contribution >= 4 is 0 Å². The number of aromatic nitrogens is 3. The van der Waals surface area contributed by atoms with Crippen molar-refractivity contribution in [3.63, 3.8) is 0 Å². The van der Waals surface area contributed by atoms with Gasteiger partial charge in [-0.15, -0.1) is 0 Å². The molecule has 1 atom stereocenters. The molecule has 1 unspecified atom stereocenters. The maximum absolute atomic E-state index is 13.1. The molecule has 2 heterocycles. The van der Waals surface area contributed by atoms with Crippen LogP contribution in [-0.4, -0.2) is 40.2 Å². The number of nitrogens with one attached hydrogen (secondary N) is 1. The van der Waals surface area contributed by atoms with Gasteiger partial charge in [-0.3, -0.25) is 5.10 Å². The van der Waals surface area contributed by atoms with Crippen LogP contribution in [0.15, 0.2) is 24.3 Å². The maximum Gasteiger partial charge on any atom is 0.162 e. The number of aryl methyl sites for hydroxylation is 1. The van der Waals surface area contributed by atoms with Gasteiger partial charge in [-0.25, -0.2) is 9.37 Å². The average Bonchev–Trinajstić information content (AvgIpc) is 2.99. The van der Waals surface area contributed by atoms with Gasteiger partial charge < -0.3 is 9.64 Å². The van der Waals surface area contributed by atoms with Crippen LogP contribution in [-0.2, 0) is 13.0 Å². The quantitative estimate of drug-likeness (QED) is 0.890. The van der Waals surface area contributed by atoms with Crippen molar-refractivity contribution in [3.8, 4) is 5.75 Å². The molecule has 1 aromatic heterocycles. The van der Waals surface area contributed by atoms with E-state index in [-0.39, 0.29) is 12.4 Å². The minimum absolute atomic E-state index is 0.266. The average molecular weight is 318 g/mol. The molecule has 23 heavy (non-hydrogen) atoms. The molecule has 1 fully saturated rings. The second-order valence-electron chi connectivity index (χ2n) is 6.25. The number of likely N-dealkylation sites (tertiary alicyclic amines) is 1. The summed E-state index contributed by atoms with van der Waals surface area (Å²) in [7, 11) is 2.18. The first-order valence-corrected chi connectivity index (χ1v) is 8.16. The largest absolute Gasteiger partial charge is 0.486 e. The summed E-state index contributed by atoms with van der Waals surface area (Å²) < 4.78 is 18.6. The van der Waals surface area contributed by atoms with Crippen molar-refractivity contribution < 1.29 is 9.13 Å². The molecule has 0 amide bonds. The van der Waals surface area contributed by atoms with E-state index in [0.717, 1.165) is 24.6 Å². The summed E-state index contributed by atoms with van der Waals surface area (Å²) in [4.78, 5) is 6.85. The fourth-order valence-electron chi connectivity index (χ4n) is 3.06. The van der Waals surface area contributed by atoms with E-state index >= 15 is 0 Å². The third-order valence-electron chi connectivity index (χ3n) is 4.25. The Bertz CT molecular complexity index is 631. The Hall–Kier alpha value is -1.95. The Labute approximate surface area is 135 Å². The monoisotopic (exact) mass is 318 g/mol. The zero-order valence-corrected chi connectivity index (χ0v) is 13.5. The normalized spacial score (nSPS) is 19.0. The zero-order valence-electron chi connectivity index (χ0n) is 13.5. The second kappa shape index (κ2) is 7.55. The first kappa shape index (κ1) is 15.9. The lowest BCUT2D eigenvalue weighted by molar-refractivity contribution is 0.202. The smallest absolute Gasteiger partial charge is 0.162 e. The molecule has 6 heteroatoms. The number of piperidine rings is 1. The van der Waals surface area contributed by atoms with Gasteiger partial charge in [0.15, 0.2) is 11.6 Å². The lowest BCUT2D eigenvalue weighted by Crippen LogP contribution is -2.32. The van der Waals surface area contributed by atoms with Gasteiger partial charge in [0.25, 0.3) is 0 Å². The third kappa shape index (κ3) is 4.76. The summed E-state index contributed by atoms with van der Waals surface area (Å²) in [6, 6.07) is 6.09. The fourth-order valence-corrected chi connectivity index (χ4v) is 3.06. The van der Waals surface area contributed by atoms with E-state index in [4.69, 9.17) is 4.74 Å². The van der Waals surface area contributed by atoms with Gasteiger partial charge >= 0.3 is 0 Å². The lowest BCUT2D eigenvalue weighted by Gasteiger charge is -2.29. The molecule has 0 radical (unpaired) electrons. The number of rotatable bonds is 6. The lowest BCUT2D eigenvalue weighted by atomic mass is 9.94. The van der Waals surface area contributed by atoms with E-state index in [1.54, 1.807) is 12.1 Å². The molecular weight excluding hydrogens is 295 g/mol. The van der Waals surface area contributed by atoms with Gasteiger partial charge in [0.1, 0.15) is 18.2 Å². The molecule has 1 aromatic carbocycles. The molecule has 2 aromatic rings. The topological polar surface area (TPSA) is 54.0 Å². The van der Waals surface area contributed by atoms with Gasteiger partial charge in [0.05, 0.1) is 0 Å². The summed E-state index contributed by atoms with van der Waals surface area (Å²) in [6.45, 7) is 2.64. The zero-order chi connectivity index (χ0) is 16.1. The molecule has 0 aliphatic carbocycles. The molecule has 1 saturated heterocycles. The SMILES string of the molecule is CN1CCCC(CCc2n[nH]c(COc3cccc(F)c3)n2)C1. The van der Waals surface area contributed by atoms with E-state index in [1.165, 1.54) is 38.1 Å². The first-order valence-electron chi connectivity index (χ1n) is 8.16. The Morgan fingerprint density at radius 2 is 2.35 bits per heavy atom. The predicted octanol–water partition coefficient (Wildman–Crippen LogP) is 2.80. The highest BCUT2D eigenvalue weighted by Gasteiger charge is 2.17. The van der Waals surface area contributed by atoms with Crippen molar-refractivity contribution in [2.75, 3.05) is 20.1 Å². The standard InChI is InChI=1S/C17H23FN4O/c1-22-9-3-4-13(11-22)7-8-16-19-17(21-20-16)12-23-15-6-2-5-14(18)10-15/h2,5-6,10,13H,3-4,7-9,11-12H2,1H3,(H,19,20,21). The van der Waals surface area contributed by atoms with Crippen molar-refractivity contribution in [1.29, 1.82) is 0 Å². The van der Waals surface area contributed by atoms with Crippen LogP contribution in [0.4, 0.5) is 4.39 Å². The summed E-state index contributed by atoms with van der Waals surface area (Å²) >= 11 is 0. The highest BCUT2D eigenvalue weighted by Crippen LogP contribution is 2.20. The number of H-pyrrole nitrogens is 1. The molecule has 3 rings (SSSR count). The number of hydrogen-bond donors (Lipinski definition) is 1. The molecule has 1 aliphatic rings. The van der Waals surface area contributed by atoms with Gasteiger partial charge in [-0.2, -0.15) is 5.10 Å². The van der Waals surface area contributed by atoms with Crippen LogP contribution in [0.3, 0.4) is 0 Å². The van der Waals surface area contributed by atoms with Crippen molar-refractivity contribution in [3.05, 3.63) is 41.7 Å². The predicted molar refractivity (Wildman–Crippen MR) is 85.7 cm³/mol. The molecule has 5 nitrogen and oxygen atoms in total. The molecule has 124 valence electrons. The number of halogens is 1. The van der Waals surface area contributed by atoms with Gasteiger partial charge in [-0.05, 0) is 50.9 Å². The molecule has 1 N–H and O–H groups in total. The summed E-state index contributed by atoms with van der Waals surface area (Å²) in [5.74, 6) is 2.42. The highest BCUT2D eigenvalue weighted by atomic mass is 19.1.